The van der Waals surface area contributed by atoms with Crippen LogP contribution < -0.4 is 0 Å². The van der Waals surface area contributed by atoms with Gasteiger partial charge in [0.1, 0.15) is 4.75 Å². The predicted molar refractivity (Wildman–Crippen MR) is 57.6 cm³/mol. The van der Waals surface area contributed by atoms with Crippen LogP contribution in [0.2, 0.25) is 0 Å². The van der Waals surface area contributed by atoms with Crippen molar-refractivity contribution in [3.63, 3.8) is 0 Å². The molecule has 0 bridgehead atoms. The molecule has 1 aliphatic rings. The quantitative estimate of drug-likeness (QED) is 0.437. The molecule has 78 valence electrons. The van der Waals surface area contributed by atoms with Crippen LogP contribution in [0.4, 0.5) is 0 Å². The highest BCUT2D eigenvalue weighted by molar-refractivity contribution is 14.1. The SMILES string of the molecule is O=S(=O)(Cl)[C@@]1(CC(O)CO)CC1I. The molecule has 1 saturated carbocycles. The third-order valence-electron chi connectivity index (χ3n) is 2.21. The Hall–Kier alpha value is 0.890. The van der Waals surface area contributed by atoms with E-state index in [0.29, 0.717) is 6.42 Å². The molecule has 0 saturated heterocycles. The van der Waals surface area contributed by atoms with Crippen molar-refractivity contribution < 1.29 is 18.6 Å². The highest BCUT2D eigenvalue weighted by Gasteiger charge is 2.62. The van der Waals surface area contributed by atoms with E-state index in [0.717, 1.165) is 0 Å². The van der Waals surface area contributed by atoms with Crippen LogP contribution >= 0.6 is 33.3 Å². The fraction of sp³-hybridized carbons (Fsp3) is 1.00. The fourth-order valence-electron chi connectivity index (χ4n) is 1.27. The van der Waals surface area contributed by atoms with Crippen molar-refractivity contribution in [1.29, 1.82) is 0 Å². The number of alkyl halides is 1. The first-order valence-corrected chi connectivity index (χ1v) is 7.26. The van der Waals surface area contributed by atoms with Crippen molar-refractivity contribution in [3.05, 3.63) is 0 Å². The van der Waals surface area contributed by atoms with Crippen molar-refractivity contribution >= 4 is 42.3 Å². The van der Waals surface area contributed by atoms with Crippen molar-refractivity contribution in [2.75, 3.05) is 6.61 Å². The van der Waals surface area contributed by atoms with Crippen LogP contribution in [0.25, 0.3) is 0 Å². The summed E-state index contributed by atoms with van der Waals surface area (Å²) < 4.78 is 21.2. The van der Waals surface area contributed by atoms with E-state index in [9.17, 15) is 8.42 Å². The van der Waals surface area contributed by atoms with Crippen molar-refractivity contribution in [3.8, 4) is 0 Å². The summed E-state index contributed by atoms with van der Waals surface area (Å²) in [5.41, 5.74) is 0. The van der Waals surface area contributed by atoms with Crippen molar-refractivity contribution in [1.82, 2.24) is 0 Å². The lowest BCUT2D eigenvalue weighted by atomic mass is 10.2. The summed E-state index contributed by atoms with van der Waals surface area (Å²) in [4.78, 5) is 0. The predicted octanol–water partition coefficient (Wildman–Crippen LogP) is 0.244. The van der Waals surface area contributed by atoms with Gasteiger partial charge in [-0.25, -0.2) is 8.42 Å². The highest BCUT2D eigenvalue weighted by atomic mass is 127. The van der Waals surface area contributed by atoms with Gasteiger partial charge in [-0.3, -0.25) is 0 Å². The molecule has 2 unspecified atom stereocenters. The van der Waals surface area contributed by atoms with E-state index in [4.69, 9.17) is 20.9 Å². The van der Waals surface area contributed by atoms with E-state index in [1.54, 1.807) is 0 Å². The molecule has 3 atom stereocenters. The zero-order valence-corrected chi connectivity index (χ0v) is 10.4. The molecule has 13 heavy (non-hydrogen) atoms. The second kappa shape index (κ2) is 3.80. The van der Waals surface area contributed by atoms with Gasteiger partial charge >= 0.3 is 0 Å². The van der Waals surface area contributed by atoms with E-state index in [1.807, 2.05) is 22.6 Å². The van der Waals surface area contributed by atoms with Crippen LogP contribution in [-0.4, -0.2) is 40.0 Å². The van der Waals surface area contributed by atoms with Crippen LogP contribution in [-0.2, 0) is 9.05 Å². The highest BCUT2D eigenvalue weighted by Crippen LogP contribution is 2.54. The number of aliphatic hydroxyl groups is 2. The minimum absolute atomic E-state index is 0.0168. The summed E-state index contributed by atoms with van der Waals surface area (Å²) in [6.07, 6.45) is -0.535. The molecule has 0 aliphatic heterocycles. The first kappa shape index (κ1) is 12.0. The van der Waals surface area contributed by atoms with Crippen molar-refractivity contribution in [2.24, 2.45) is 0 Å². The van der Waals surface area contributed by atoms with Gasteiger partial charge in [0.2, 0.25) is 9.05 Å². The summed E-state index contributed by atoms with van der Waals surface area (Å²) in [6, 6.07) is 0. The monoisotopic (exact) mass is 340 g/mol. The van der Waals surface area contributed by atoms with Gasteiger partial charge in [0.25, 0.3) is 0 Å². The molecular formula is C6H10ClIO4S. The van der Waals surface area contributed by atoms with Crippen LogP contribution in [0.5, 0.6) is 0 Å². The van der Waals surface area contributed by atoms with Crippen LogP contribution in [0.1, 0.15) is 12.8 Å². The Labute approximate surface area is 94.8 Å². The topological polar surface area (TPSA) is 74.6 Å². The van der Waals surface area contributed by atoms with E-state index in [2.05, 4.69) is 0 Å². The number of hydrogen-bond donors (Lipinski definition) is 2. The lowest BCUT2D eigenvalue weighted by Gasteiger charge is -2.15. The third-order valence-corrected chi connectivity index (χ3v) is 6.78. The molecule has 0 radical (unpaired) electrons. The number of rotatable bonds is 4. The zero-order valence-electron chi connectivity index (χ0n) is 6.65. The Morgan fingerprint density at radius 3 is 2.38 bits per heavy atom. The van der Waals surface area contributed by atoms with Crippen LogP contribution in [0.3, 0.4) is 0 Å². The van der Waals surface area contributed by atoms with Gasteiger partial charge in [0.15, 0.2) is 0 Å². The lowest BCUT2D eigenvalue weighted by molar-refractivity contribution is 0.0861. The minimum Gasteiger partial charge on any atom is -0.394 e. The molecule has 1 aliphatic carbocycles. The second-order valence-corrected chi connectivity index (χ2v) is 7.63. The summed E-state index contributed by atoms with van der Waals surface area (Å²) in [5, 5.41) is 17.7. The van der Waals surface area contributed by atoms with E-state index in [-0.39, 0.29) is 10.3 Å². The second-order valence-electron chi connectivity index (χ2n) is 3.21. The Morgan fingerprint density at radius 2 is 2.15 bits per heavy atom. The normalized spacial score (nSPS) is 35.8. The molecule has 4 nitrogen and oxygen atoms in total. The maximum absolute atomic E-state index is 11.1. The van der Waals surface area contributed by atoms with Gasteiger partial charge < -0.3 is 10.2 Å². The zero-order chi connectivity index (χ0) is 10.3. The maximum atomic E-state index is 11.1. The Kier molecular flexibility index (Phi) is 3.50. The van der Waals surface area contributed by atoms with E-state index in [1.165, 1.54) is 0 Å². The van der Waals surface area contributed by atoms with Gasteiger partial charge in [0, 0.05) is 14.6 Å². The molecule has 0 aromatic rings. The third kappa shape index (κ3) is 2.28. The molecule has 0 aromatic heterocycles. The fourth-order valence-corrected chi connectivity index (χ4v) is 5.83. The summed E-state index contributed by atoms with van der Waals surface area (Å²) in [7, 11) is 1.61. The molecule has 2 N–H and O–H groups in total. The van der Waals surface area contributed by atoms with Gasteiger partial charge in [0.05, 0.1) is 12.7 Å². The Morgan fingerprint density at radius 1 is 1.69 bits per heavy atom. The van der Waals surface area contributed by atoms with Gasteiger partial charge in [-0.05, 0) is 12.8 Å². The summed E-state index contributed by atoms with van der Waals surface area (Å²) in [6.45, 7) is -0.433. The summed E-state index contributed by atoms with van der Waals surface area (Å²) in [5.74, 6) is 0. The smallest absolute Gasteiger partial charge is 0.239 e. The molecule has 1 fully saturated rings. The molecule has 0 spiro atoms. The molecular weight excluding hydrogens is 330 g/mol. The number of halogens is 2. The van der Waals surface area contributed by atoms with Crippen molar-refractivity contribution in [2.45, 2.75) is 27.6 Å². The van der Waals surface area contributed by atoms with Crippen LogP contribution in [0, 0.1) is 0 Å². The average Bonchev–Trinajstić information content (AvgIpc) is 2.61. The van der Waals surface area contributed by atoms with E-state index >= 15 is 0 Å². The largest absolute Gasteiger partial charge is 0.394 e. The number of aliphatic hydroxyl groups excluding tert-OH is 2. The average molecular weight is 341 g/mol. The Balaban J connectivity index is 2.75. The molecule has 1 rings (SSSR count). The molecule has 0 amide bonds. The maximum Gasteiger partial charge on any atom is 0.239 e. The first-order valence-electron chi connectivity index (χ1n) is 3.70. The van der Waals surface area contributed by atoms with Gasteiger partial charge in [-0.2, -0.15) is 0 Å². The van der Waals surface area contributed by atoms with Gasteiger partial charge in [-0.1, -0.05) is 22.6 Å². The summed E-state index contributed by atoms with van der Waals surface area (Å²) >= 11 is 1.99. The Bertz CT molecular complexity index is 293. The standard InChI is InChI=1S/C6H10ClIO4S/c7-13(11,12)6(2-5(6)8)1-4(10)3-9/h4-5,9-10H,1-3H2/t4?,5?,6-/m0/s1. The van der Waals surface area contributed by atoms with Crippen LogP contribution in [0.15, 0.2) is 0 Å². The van der Waals surface area contributed by atoms with E-state index < -0.39 is 26.5 Å². The molecule has 0 heterocycles. The molecule has 7 heteroatoms. The number of hydrogen-bond acceptors (Lipinski definition) is 4. The van der Waals surface area contributed by atoms with Gasteiger partial charge in [-0.15, -0.1) is 0 Å². The lowest BCUT2D eigenvalue weighted by Crippen LogP contribution is -2.29. The molecule has 0 aromatic carbocycles. The minimum atomic E-state index is -3.65. The first-order chi connectivity index (χ1) is 5.83.